The van der Waals surface area contributed by atoms with Gasteiger partial charge in [-0.3, -0.25) is 0 Å². The van der Waals surface area contributed by atoms with Crippen LogP contribution in [0, 0.1) is 0 Å². The molecule has 0 saturated heterocycles. The molecule has 62 valence electrons. The van der Waals surface area contributed by atoms with Crippen LogP contribution in [0.2, 0.25) is 0 Å². The van der Waals surface area contributed by atoms with Gasteiger partial charge in [0.05, 0.1) is 0 Å². The Morgan fingerprint density at radius 2 is 2.00 bits per heavy atom. The summed E-state index contributed by atoms with van der Waals surface area (Å²) in [5.41, 5.74) is 13.0. The molecule has 0 radical (unpaired) electrons. The Morgan fingerprint density at radius 3 is 2.36 bits per heavy atom. The summed E-state index contributed by atoms with van der Waals surface area (Å²) in [5, 5.41) is 0. The Morgan fingerprint density at radius 1 is 1.36 bits per heavy atom. The van der Waals surface area contributed by atoms with E-state index in [1.165, 1.54) is 0 Å². The lowest BCUT2D eigenvalue weighted by Crippen LogP contribution is -2.04. The van der Waals surface area contributed by atoms with E-state index in [4.69, 9.17) is 11.5 Å². The van der Waals surface area contributed by atoms with Crippen molar-refractivity contribution in [1.29, 1.82) is 0 Å². The first-order valence-electron chi connectivity index (χ1n) is 3.31. The average Bonchev–Trinajstić information content (AvgIpc) is 1.88. The summed E-state index contributed by atoms with van der Waals surface area (Å²) in [6.07, 6.45) is 0. The van der Waals surface area contributed by atoms with Crippen LogP contribution >= 0.6 is 12.4 Å². The Labute approximate surface area is 73.0 Å². The summed E-state index contributed by atoms with van der Waals surface area (Å²) in [6.45, 7) is 1.94. The van der Waals surface area contributed by atoms with Crippen molar-refractivity contribution >= 4 is 18.1 Å². The summed E-state index contributed by atoms with van der Waals surface area (Å²) in [5.74, 6) is 0. The SMILES string of the molecule is CC(N)c1cccc(N)c1.Cl. The molecular weight excluding hydrogens is 160 g/mol. The van der Waals surface area contributed by atoms with Crippen molar-refractivity contribution in [2.75, 3.05) is 5.73 Å². The van der Waals surface area contributed by atoms with Crippen LogP contribution < -0.4 is 11.5 Å². The van der Waals surface area contributed by atoms with E-state index in [1.807, 2.05) is 31.2 Å². The minimum atomic E-state index is 0. The highest BCUT2D eigenvalue weighted by molar-refractivity contribution is 5.85. The second-order valence-electron chi connectivity index (χ2n) is 2.46. The average molecular weight is 173 g/mol. The molecule has 0 spiro atoms. The van der Waals surface area contributed by atoms with E-state index in [9.17, 15) is 0 Å². The van der Waals surface area contributed by atoms with Gasteiger partial charge < -0.3 is 11.5 Å². The Bertz CT molecular complexity index is 223. The molecule has 4 N–H and O–H groups in total. The molecule has 1 unspecified atom stereocenters. The minimum absolute atomic E-state index is 0. The van der Waals surface area contributed by atoms with E-state index in [0.29, 0.717) is 0 Å². The molecule has 0 saturated carbocycles. The van der Waals surface area contributed by atoms with Crippen LogP contribution in [0.1, 0.15) is 18.5 Å². The molecule has 0 amide bonds. The van der Waals surface area contributed by atoms with Crippen LogP contribution in [-0.4, -0.2) is 0 Å². The molecule has 0 aromatic heterocycles. The largest absolute Gasteiger partial charge is 0.399 e. The van der Waals surface area contributed by atoms with Crippen molar-refractivity contribution in [2.45, 2.75) is 13.0 Å². The monoisotopic (exact) mass is 172 g/mol. The molecule has 1 aromatic carbocycles. The van der Waals surface area contributed by atoms with Gasteiger partial charge in [-0.2, -0.15) is 0 Å². The van der Waals surface area contributed by atoms with Crippen LogP contribution in [0.5, 0.6) is 0 Å². The van der Waals surface area contributed by atoms with Gasteiger partial charge >= 0.3 is 0 Å². The van der Waals surface area contributed by atoms with Gasteiger partial charge in [0.2, 0.25) is 0 Å². The van der Waals surface area contributed by atoms with Gasteiger partial charge in [-0.1, -0.05) is 12.1 Å². The topological polar surface area (TPSA) is 52.0 Å². The normalized spacial score (nSPS) is 11.8. The van der Waals surface area contributed by atoms with Crippen molar-refractivity contribution in [2.24, 2.45) is 5.73 Å². The van der Waals surface area contributed by atoms with Crippen LogP contribution in [-0.2, 0) is 0 Å². The fourth-order valence-corrected chi connectivity index (χ4v) is 0.842. The molecule has 3 heteroatoms. The summed E-state index contributed by atoms with van der Waals surface area (Å²) < 4.78 is 0. The molecule has 0 aliphatic rings. The Hall–Kier alpha value is -0.730. The number of rotatable bonds is 1. The molecule has 0 bridgehead atoms. The third-order valence-electron chi connectivity index (χ3n) is 1.44. The van der Waals surface area contributed by atoms with E-state index in [0.717, 1.165) is 11.3 Å². The zero-order valence-electron chi connectivity index (χ0n) is 6.45. The van der Waals surface area contributed by atoms with E-state index in [1.54, 1.807) is 0 Å². The highest BCUT2D eigenvalue weighted by Gasteiger charge is 1.96. The van der Waals surface area contributed by atoms with Gasteiger partial charge in [-0.15, -0.1) is 12.4 Å². The molecule has 11 heavy (non-hydrogen) atoms. The first kappa shape index (κ1) is 10.3. The van der Waals surface area contributed by atoms with Gasteiger partial charge in [0.1, 0.15) is 0 Å². The molecule has 0 aliphatic heterocycles. The molecule has 0 aliphatic carbocycles. The van der Waals surface area contributed by atoms with Gasteiger partial charge in [0.25, 0.3) is 0 Å². The zero-order valence-corrected chi connectivity index (χ0v) is 7.27. The predicted molar refractivity (Wildman–Crippen MR) is 50.7 cm³/mol. The van der Waals surface area contributed by atoms with Crippen LogP contribution in [0.4, 0.5) is 5.69 Å². The third-order valence-corrected chi connectivity index (χ3v) is 1.44. The van der Waals surface area contributed by atoms with Gasteiger partial charge in [0, 0.05) is 11.7 Å². The molecular formula is C8H13ClN2. The zero-order chi connectivity index (χ0) is 7.56. The summed E-state index contributed by atoms with van der Waals surface area (Å²) in [4.78, 5) is 0. The summed E-state index contributed by atoms with van der Waals surface area (Å²) in [6, 6.07) is 7.70. The number of nitrogens with two attached hydrogens (primary N) is 2. The third kappa shape index (κ3) is 2.78. The number of hydrogen-bond donors (Lipinski definition) is 2. The van der Waals surface area contributed by atoms with Crippen molar-refractivity contribution in [3.8, 4) is 0 Å². The highest BCUT2D eigenvalue weighted by atomic mass is 35.5. The van der Waals surface area contributed by atoms with Crippen molar-refractivity contribution in [3.63, 3.8) is 0 Å². The fraction of sp³-hybridized carbons (Fsp3) is 0.250. The lowest BCUT2D eigenvalue weighted by atomic mass is 10.1. The molecule has 0 heterocycles. The van der Waals surface area contributed by atoms with E-state index in [2.05, 4.69) is 0 Å². The van der Waals surface area contributed by atoms with Crippen LogP contribution in [0.3, 0.4) is 0 Å². The quantitative estimate of drug-likeness (QED) is 0.634. The molecule has 2 nitrogen and oxygen atoms in total. The molecule has 1 atom stereocenters. The van der Waals surface area contributed by atoms with E-state index < -0.39 is 0 Å². The second-order valence-corrected chi connectivity index (χ2v) is 2.46. The number of nitrogen functional groups attached to an aromatic ring is 1. The molecule has 1 aromatic rings. The first-order chi connectivity index (χ1) is 4.70. The van der Waals surface area contributed by atoms with Crippen LogP contribution in [0.15, 0.2) is 24.3 Å². The van der Waals surface area contributed by atoms with Gasteiger partial charge in [0.15, 0.2) is 0 Å². The Balaban J connectivity index is 0.000001000. The number of anilines is 1. The fourth-order valence-electron chi connectivity index (χ4n) is 0.842. The summed E-state index contributed by atoms with van der Waals surface area (Å²) >= 11 is 0. The van der Waals surface area contributed by atoms with E-state index >= 15 is 0 Å². The van der Waals surface area contributed by atoms with Crippen LogP contribution in [0.25, 0.3) is 0 Å². The maximum Gasteiger partial charge on any atom is 0.0317 e. The smallest absolute Gasteiger partial charge is 0.0317 e. The molecule has 1 rings (SSSR count). The lowest BCUT2D eigenvalue weighted by Gasteiger charge is -2.04. The standard InChI is InChI=1S/C8H12N2.ClH/c1-6(9)7-3-2-4-8(10)5-7;/h2-6H,9-10H2,1H3;1H. The van der Waals surface area contributed by atoms with Crippen molar-refractivity contribution in [1.82, 2.24) is 0 Å². The second kappa shape index (κ2) is 4.21. The van der Waals surface area contributed by atoms with E-state index in [-0.39, 0.29) is 18.4 Å². The van der Waals surface area contributed by atoms with Gasteiger partial charge in [-0.25, -0.2) is 0 Å². The maximum absolute atomic E-state index is 5.63. The van der Waals surface area contributed by atoms with Crippen molar-refractivity contribution in [3.05, 3.63) is 29.8 Å². The van der Waals surface area contributed by atoms with Gasteiger partial charge in [-0.05, 0) is 24.6 Å². The Kier molecular flexibility index (Phi) is 3.93. The number of halogens is 1. The number of benzene rings is 1. The summed E-state index contributed by atoms with van der Waals surface area (Å²) in [7, 11) is 0. The lowest BCUT2D eigenvalue weighted by molar-refractivity contribution is 0.819. The van der Waals surface area contributed by atoms with Crippen molar-refractivity contribution < 1.29 is 0 Å². The molecule has 0 fully saturated rings. The first-order valence-corrected chi connectivity index (χ1v) is 3.31. The number of hydrogen-bond acceptors (Lipinski definition) is 2. The predicted octanol–water partition coefficient (Wildman–Crippen LogP) is 1.71. The minimum Gasteiger partial charge on any atom is -0.399 e. The highest BCUT2D eigenvalue weighted by Crippen LogP contribution is 2.12. The maximum atomic E-state index is 5.63.